The van der Waals surface area contributed by atoms with Gasteiger partial charge in [0.05, 0.1) is 13.2 Å². The Labute approximate surface area is 63.1 Å². The van der Waals surface area contributed by atoms with Gasteiger partial charge in [-0.3, -0.25) is 0 Å². The first kappa shape index (κ1) is 10.4. The van der Waals surface area contributed by atoms with Gasteiger partial charge < -0.3 is 20.4 Å². The minimum Gasteiger partial charge on any atom is -0.394 e. The van der Waals surface area contributed by atoms with Crippen LogP contribution in [0.15, 0.2) is 5.18 Å². The molecule has 0 heterocycles. The molecule has 0 saturated carbocycles. The van der Waals surface area contributed by atoms with Crippen LogP contribution in [0.2, 0.25) is 0 Å². The Kier molecular flexibility index (Phi) is 4.88. The van der Waals surface area contributed by atoms with Crippen molar-refractivity contribution in [3.63, 3.8) is 0 Å². The number of hydrogen-bond donors (Lipinski definition) is 4. The highest BCUT2D eigenvalue weighted by atomic mass is 16.4. The second-order valence-corrected chi connectivity index (χ2v) is 2.10. The second-order valence-electron chi connectivity index (χ2n) is 2.10. The van der Waals surface area contributed by atoms with E-state index in [-0.39, 0.29) is 0 Å². The molecule has 0 aromatic heterocycles. The first-order valence-electron chi connectivity index (χ1n) is 3.07. The molecule has 0 radical (unpaired) electrons. The topological polar surface area (TPSA) is 110 Å². The Morgan fingerprint density at radius 3 is 2.00 bits per heavy atom. The minimum absolute atomic E-state index is 0.651. The predicted molar refractivity (Wildman–Crippen MR) is 35.8 cm³/mol. The van der Waals surface area contributed by atoms with Gasteiger partial charge in [0.2, 0.25) is 0 Å². The molecule has 0 bridgehead atoms. The molecule has 11 heavy (non-hydrogen) atoms. The number of nitrogens with zero attached hydrogens (tertiary/aromatic N) is 1. The zero-order valence-corrected chi connectivity index (χ0v) is 5.79. The summed E-state index contributed by atoms with van der Waals surface area (Å²) >= 11 is 0. The van der Waals surface area contributed by atoms with Crippen LogP contribution in [0.25, 0.3) is 0 Å². The predicted octanol–water partition coefficient (Wildman–Crippen LogP) is -2.17. The van der Waals surface area contributed by atoms with Crippen LogP contribution in [0.1, 0.15) is 0 Å². The zero-order chi connectivity index (χ0) is 8.85. The van der Waals surface area contributed by atoms with Gasteiger partial charge in [0.25, 0.3) is 0 Å². The van der Waals surface area contributed by atoms with Crippen LogP contribution in [0.5, 0.6) is 0 Å². The molecular weight excluding hydrogens is 154 g/mol. The van der Waals surface area contributed by atoms with Gasteiger partial charge in [0, 0.05) is 0 Å². The molecule has 0 spiro atoms. The lowest BCUT2D eigenvalue weighted by atomic mass is 10.1. The van der Waals surface area contributed by atoms with Crippen LogP contribution in [0.3, 0.4) is 0 Å². The first-order chi connectivity index (χ1) is 5.17. The van der Waals surface area contributed by atoms with E-state index in [0.29, 0.717) is 0 Å². The van der Waals surface area contributed by atoms with E-state index >= 15 is 0 Å². The summed E-state index contributed by atoms with van der Waals surface area (Å²) in [6.07, 6.45) is -2.95. The van der Waals surface area contributed by atoms with Gasteiger partial charge in [-0.05, 0) is 0 Å². The van der Waals surface area contributed by atoms with Crippen molar-refractivity contribution in [2.24, 2.45) is 5.18 Å². The third-order valence-electron chi connectivity index (χ3n) is 1.30. The molecule has 6 nitrogen and oxygen atoms in total. The van der Waals surface area contributed by atoms with Crippen molar-refractivity contribution in [1.82, 2.24) is 0 Å². The van der Waals surface area contributed by atoms with Crippen molar-refractivity contribution in [2.75, 3.05) is 13.2 Å². The number of nitroso groups, excluding NO2 is 1. The number of aliphatic hydroxyl groups is 4. The molecule has 4 N–H and O–H groups in total. The van der Waals surface area contributed by atoms with Crippen LogP contribution < -0.4 is 0 Å². The molecule has 3 atom stereocenters. The van der Waals surface area contributed by atoms with Gasteiger partial charge in [-0.15, -0.1) is 0 Å². The normalized spacial score (nSPS) is 18.9. The van der Waals surface area contributed by atoms with Gasteiger partial charge in [-0.2, -0.15) is 4.91 Å². The smallest absolute Gasteiger partial charge is 0.143 e. The summed E-state index contributed by atoms with van der Waals surface area (Å²) in [6, 6.07) is -1.28. The molecule has 0 aromatic carbocycles. The number of rotatable bonds is 5. The fourth-order valence-electron chi connectivity index (χ4n) is 0.568. The Bertz CT molecular complexity index is 119. The van der Waals surface area contributed by atoms with Crippen LogP contribution >= 0.6 is 0 Å². The summed E-state index contributed by atoms with van der Waals surface area (Å²) < 4.78 is 0. The fraction of sp³-hybridized carbons (Fsp3) is 1.00. The average Bonchev–Trinajstić information content (AvgIpc) is 2.05. The van der Waals surface area contributed by atoms with Gasteiger partial charge >= 0.3 is 0 Å². The monoisotopic (exact) mass is 165 g/mol. The molecule has 0 rings (SSSR count). The molecule has 0 amide bonds. The quantitative estimate of drug-likeness (QED) is 0.346. The molecule has 3 unspecified atom stereocenters. The summed E-state index contributed by atoms with van der Waals surface area (Å²) in [6.45, 7) is -1.32. The minimum atomic E-state index is -1.51. The third-order valence-corrected chi connectivity index (χ3v) is 1.30. The molecule has 0 aliphatic carbocycles. The lowest BCUT2D eigenvalue weighted by Crippen LogP contribution is -2.40. The summed E-state index contributed by atoms with van der Waals surface area (Å²) in [5.74, 6) is 0. The summed E-state index contributed by atoms with van der Waals surface area (Å²) in [4.78, 5) is 9.84. The van der Waals surface area contributed by atoms with Crippen LogP contribution in [0.4, 0.5) is 0 Å². The molecule has 0 saturated heterocycles. The molecular formula is C5H11NO5. The standard InChI is InChI=1S/C5H11NO5/c7-1-3(6-11)5(10)4(9)2-8/h3-5,7-10H,1-2H2. The summed E-state index contributed by atoms with van der Waals surface area (Å²) in [5, 5.41) is 36.7. The summed E-state index contributed by atoms with van der Waals surface area (Å²) in [5.41, 5.74) is 0. The molecule has 66 valence electrons. The third kappa shape index (κ3) is 2.89. The molecule has 6 heteroatoms. The average molecular weight is 165 g/mol. The van der Waals surface area contributed by atoms with Crippen molar-refractivity contribution in [3.8, 4) is 0 Å². The van der Waals surface area contributed by atoms with Gasteiger partial charge in [-0.25, -0.2) is 0 Å². The highest BCUT2D eigenvalue weighted by Crippen LogP contribution is 2.02. The maximum absolute atomic E-state index is 9.84. The first-order valence-corrected chi connectivity index (χ1v) is 3.07. The van der Waals surface area contributed by atoms with E-state index in [2.05, 4.69) is 5.18 Å². The molecule has 0 aliphatic rings. The van der Waals surface area contributed by atoms with Gasteiger partial charge in [-0.1, -0.05) is 5.18 Å². The van der Waals surface area contributed by atoms with Gasteiger partial charge in [0.1, 0.15) is 18.2 Å². The van der Waals surface area contributed by atoms with Crippen LogP contribution in [0, 0.1) is 4.91 Å². The maximum atomic E-state index is 9.84. The highest BCUT2D eigenvalue weighted by molar-refractivity contribution is 4.79. The molecule has 0 aliphatic heterocycles. The highest BCUT2D eigenvalue weighted by Gasteiger charge is 2.25. The second kappa shape index (κ2) is 5.14. The van der Waals surface area contributed by atoms with E-state index in [4.69, 9.17) is 20.4 Å². The molecule has 0 aromatic rings. The lowest BCUT2D eigenvalue weighted by molar-refractivity contribution is -0.0334. The van der Waals surface area contributed by atoms with Crippen molar-refractivity contribution in [1.29, 1.82) is 0 Å². The maximum Gasteiger partial charge on any atom is 0.143 e. The Hall–Kier alpha value is -0.560. The number of hydrogen-bond acceptors (Lipinski definition) is 6. The Balaban J connectivity index is 3.96. The van der Waals surface area contributed by atoms with Crippen molar-refractivity contribution in [2.45, 2.75) is 18.2 Å². The molecule has 0 fully saturated rings. The van der Waals surface area contributed by atoms with E-state index in [1.54, 1.807) is 0 Å². The largest absolute Gasteiger partial charge is 0.394 e. The van der Waals surface area contributed by atoms with Crippen molar-refractivity contribution in [3.05, 3.63) is 4.91 Å². The zero-order valence-electron chi connectivity index (χ0n) is 5.79. The summed E-state index contributed by atoms with van der Waals surface area (Å²) in [7, 11) is 0. The lowest BCUT2D eigenvalue weighted by Gasteiger charge is -2.17. The van der Waals surface area contributed by atoms with Crippen LogP contribution in [-0.4, -0.2) is 51.9 Å². The van der Waals surface area contributed by atoms with Gasteiger partial charge in [0.15, 0.2) is 0 Å². The van der Waals surface area contributed by atoms with E-state index in [1.807, 2.05) is 0 Å². The Morgan fingerprint density at radius 2 is 1.73 bits per heavy atom. The van der Waals surface area contributed by atoms with E-state index < -0.39 is 31.5 Å². The SMILES string of the molecule is O=NC(CO)C(O)C(O)CO. The Morgan fingerprint density at radius 1 is 1.18 bits per heavy atom. The number of aliphatic hydroxyl groups excluding tert-OH is 4. The fourth-order valence-corrected chi connectivity index (χ4v) is 0.568. The van der Waals surface area contributed by atoms with E-state index in [0.717, 1.165) is 0 Å². The van der Waals surface area contributed by atoms with Crippen LogP contribution in [-0.2, 0) is 0 Å². The van der Waals surface area contributed by atoms with Crippen molar-refractivity contribution >= 4 is 0 Å². The van der Waals surface area contributed by atoms with E-state index in [1.165, 1.54) is 0 Å². The van der Waals surface area contributed by atoms with Crippen molar-refractivity contribution < 1.29 is 20.4 Å². The van der Waals surface area contributed by atoms with E-state index in [9.17, 15) is 4.91 Å².